The van der Waals surface area contributed by atoms with E-state index in [1.54, 1.807) is 23.1 Å². The van der Waals surface area contributed by atoms with Crippen LogP contribution in [-0.2, 0) is 14.8 Å². The maximum absolute atomic E-state index is 12.7. The molecule has 0 radical (unpaired) electrons. The third-order valence-electron chi connectivity index (χ3n) is 4.59. The average molecular weight is 372 g/mol. The predicted octanol–water partition coefficient (Wildman–Crippen LogP) is 1.32. The molecule has 1 aromatic rings. The Balaban J connectivity index is 1.63. The zero-order valence-corrected chi connectivity index (χ0v) is 15.0. The maximum Gasteiger partial charge on any atom is 0.243 e. The number of nitrogens with one attached hydrogen (secondary N) is 1. The van der Waals surface area contributed by atoms with Crippen molar-refractivity contribution in [3.8, 4) is 0 Å². The Hall–Kier alpha value is -1.15. The van der Waals surface area contributed by atoms with Gasteiger partial charge in [0.2, 0.25) is 15.9 Å². The number of rotatable bonds is 3. The number of carbonyl (C=O) groups is 1. The number of piperazine rings is 1. The minimum absolute atomic E-state index is 0.0921. The van der Waals surface area contributed by atoms with E-state index in [0.29, 0.717) is 31.2 Å². The number of hydrogen-bond acceptors (Lipinski definition) is 4. The van der Waals surface area contributed by atoms with Crippen LogP contribution in [-0.4, -0.2) is 62.3 Å². The number of halogens is 1. The predicted molar refractivity (Wildman–Crippen MR) is 92.4 cm³/mol. The van der Waals surface area contributed by atoms with Crippen LogP contribution in [0.5, 0.6) is 0 Å². The Labute approximate surface area is 147 Å². The summed E-state index contributed by atoms with van der Waals surface area (Å²) in [6.07, 6.45) is 3.03. The standard InChI is InChI=1S/C16H22ClN3O3S/c17-13-4-3-5-14(12-13)24(22,23)20-10-8-19(9-11-20)16(21)15-6-1-2-7-18-15/h3-5,12,15,18H,1-2,6-11H2. The molecule has 132 valence electrons. The van der Waals surface area contributed by atoms with Gasteiger partial charge in [-0.3, -0.25) is 4.79 Å². The molecule has 2 aliphatic heterocycles. The van der Waals surface area contributed by atoms with Gasteiger partial charge in [-0.15, -0.1) is 0 Å². The van der Waals surface area contributed by atoms with Crippen LogP contribution in [0, 0.1) is 0 Å². The smallest absolute Gasteiger partial charge is 0.243 e. The summed E-state index contributed by atoms with van der Waals surface area (Å²) < 4.78 is 26.8. The highest BCUT2D eigenvalue weighted by Crippen LogP contribution is 2.21. The highest BCUT2D eigenvalue weighted by Gasteiger charge is 2.32. The van der Waals surface area contributed by atoms with Gasteiger partial charge in [0.25, 0.3) is 0 Å². The van der Waals surface area contributed by atoms with E-state index < -0.39 is 10.0 Å². The SMILES string of the molecule is O=C(C1CCCCN1)N1CCN(S(=O)(=O)c2cccc(Cl)c2)CC1. The summed E-state index contributed by atoms with van der Waals surface area (Å²) in [5.41, 5.74) is 0. The van der Waals surface area contributed by atoms with E-state index in [9.17, 15) is 13.2 Å². The van der Waals surface area contributed by atoms with Gasteiger partial charge < -0.3 is 10.2 Å². The molecule has 2 fully saturated rings. The molecule has 24 heavy (non-hydrogen) atoms. The van der Waals surface area contributed by atoms with Crippen molar-refractivity contribution in [2.75, 3.05) is 32.7 Å². The van der Waals surface area contributed by atoms with Crippen LogP contribution in [0.15, 0.2) is 29.2 Å². The average Bonchev–Trinajstić information content (AvgIpc) is 2.62. The van der Waals surface area contributed by atoms with Crippen LogP contribution in [0.4, 0.5) is 0 Å². The van der Waals surface area contributed by atoms with Crippen molar-refractivity contribution in [3.63, 3.8) is 0 Å². The summed E-state index contributed by atoms with van der Waals surface area (Å²) >= 11 is 5.90. The number of piperidine rings is 1. The zero-order valence-electron chi connectivity index (χ0n) is 13.4. The minimum Gasteiger partial charge on any atom is -0.339 e. The summed E-state index contributed by atoms with van der Waals surface area (Å²) in [7, 11) is -3.56. The molecule has 1 amide bonds. The van der Waals surface area contributed by atoms with Crippen molar-refractivity contribution in [1.82, 2.24) is 14.5 Å². The van der Waals surface area contributed by atoms with E-state index in [2.05, 4.69) is 5.32 Å². The van der Waals surface area contributed by atoms with Crippen LogP contribution < -0.4 is 5.32 Å². The van der Waals surface area contributed by atoms with Crippen molar-refractivity contribution in [2.45, 2.75) is 30.2 Å². The largest absolute Gasteiger partial charge is 0.339 e. The van der Waals surface area contributed by atoms with E-state index in [4.69, 9.17) is 11.6 Å². The van der Waals surface area contributed by atoms with Gasteiger partial charge in [-0.05, 0) is 37.6 Å². The molecule has 6 nitrogen and oxygen atoms in total. The van der Waals surface area contributed by atoms with E-state index in [0.717, 1.165) is 25.8 Å². The quantitative estimate of drug-likeness (QED) is 0.869. The first-order chi connectivity index (χ1) is 11.5. The number of amides is 1. The molecule has 0 saturated carbocycles. The van der Waals surface area contributed by atoms with Gasteiger partial charge in [-0.1, -0.05) is 24.1 Å². The third-order valence-corrected chi connectivity index (χ3v) is 6.72. The molecule has 3 rings (SSSR count). The van der Waals surface area contributed by atoms with Gasteiger partial charge in [-0.25, -0.2) is 8.42 Å². The van der Waals surface area contributed by atoms with Crippen molar-refractivity contribution < 1.29 is 13.2 Å². The molecule has 1 atom stereocenters. The number of hydrogen-bond donors (Lipinski definition) is 1. The van der Waals surface area contributed by atoms with Crippen LogP contribution in [0.1, 0.15) is 19.3 Å². The molecular weight excluding hydrogens is 350 g/mol. The molecule has 0 aromatic heterocycles. The summed E-state index contributed by atoms with van der Waals surface area (Å²) in [4.78, 5) is 14.5. The molecule has 2 aliphatic rings. The molecular formula is C16H22ClN3O3S. The van der Waals surface area contributed by atoms with Crippen LogP contribution in [0.2, 0.25) is 5.02 Å². The fourth-order valence-corrected chi connectivity index (χ4v) is 4.93. The molecule has 0 aliphatic carbocycles. The first kappa shape index (κ1) is 17.7. The van der Waals surface area contributed by atoms with Crippen LogP contribution >= 0.6 is 11.6 Å². The van der Waals surface area contributed by atoms with E-state index >= 15 is 0 Å². The molecule has 1 aromatic carbocycles. The van der Waals surface area contributed by atoms with Crippen molar-refractivity contribution in [2.24, 2.45) is 0 Å². The Kier molecular flexibility index (Phi) is 5.44. The van der Waals surface area contributed by atoms with Gasteiger partial charge in [0.1, 0.15) is 0 Å². The summed E-state index contributed by atoms with van der Waals surface area (Å²) in [5.74, 6) is 0.0921. The van der Waals surface area contributed by atoms with Crippen molar-refractivity contribution >= 4 is 27.5 Å². The summed E-state index contributed by atoms with van der Waals surface area (Å²) in [6, 6.07) is 6.17. The molecule has 2 heterocycles. The van der Waals surface area contributed by atoms with Gasteiger partial charge in [0, 0.05) is 31.2 Å². The van der Waals surface area contributed by atoms with Gasteiger partial charge >= 0.3 is 0 Å². The Morgan fingerprint density at radius 3 is 2.54 bits per heavy atom. The van der Waals surface area contributed by atoms with Crippen molar-refractivity contribution in [3.05, 3.63) is 29.3 Å². The second-order valence-electron chi connectivity index (χ2n) is 6.19. The van der Waals surface area contributed by atoms with Crippen LogP contribution in [0.3, 0.4) is 0 Å². The molecule has 1 N–H and O–H groups in total. The van der Waals surface area contributed by atoms with Crippen LogP contribution in [0.25, 0.3) is 0 Å². The lowest BCUT2D eigenvalue weighted by Crippen LogP contribution is -2.55. The lowest BCUT2D eigenvalue weighted by Gasteiger charge is -2.36. The molecule has 0 spiro atoms. The molecule has 8 heteroatoms. The monoisotopic (exact) mass is 371 g/mol. The highest BCUT2D eigenvalue weighted by molar-refractivity contribution is 7.89. The Bertz CT molecular complexity index is 696. The molecule has 0 bridgehead atoms. The van der Waals surface area contributed by atoms with E-state index in [1.807, 2.05) is 0 Å². The summed E-state index contributed by atoms with van der Waals surface area (Å²) in [5, 5.41) is 3.65. The summed E-state index contributed by atoms with van der Waals surface area (Å²) in [6.45, 7) is 2.35. The third kappa shape index (κ3) is 3.74. The molecule has 2 saturated heterocycles. The minimum atomic E-state index is -3.56. The highest BCUT2D eigenvalue weighted by atomic mass is 35.5. The second-order valence-corrected chi connectivity index (χ2v) is 8.56. The lowest BCUT2D eigenvalue weighted by molar-refractivity contribution is -0.135. The number of nitrogens with zero attached hydrogens (tertiary/aromatic N) is 2. The molecule has 1 unspecified atom stereocenters. The zero-order chi connectivity index (χ0) is 17.2. The van der Waals surface area contributed by atoms with E-state index in [-0.39, 0.29) is 16.8 Å². The number of sulfonamides is 1. The number of carbonyl (C=O) groups excluding carboxylic acids is 1. The first-order valence-corrected chi connectivity index (χ1v) is 10.1. The first-order valence-electron chi connectivity index (χ1n) is 8.26. The van der Waals surface area contributed by atoms with Gasteiger partial charge in [-0.2, -0.15) is 4.31 Å². The fourth-order valence-electron chi connectivity index (χ4n) is 3.21. The van der Waals surface area contributed by atoms with Gasteiger partial charge in [0.05, 0.1) is 10.9 Å². The van der Waals surface area contributed by atoms with Gasteiger partial charge in [0.15, 0.2) is 0 Å². The Morgan fingerprint density at radius 2 is 1.92 bits per heavy atom. The fraction of sp³-hybridized carbons (Fsp3) is 0.562. The van der Waals surface area contributed by atoms with Crippen molar-refractivity contribution in [1.29, 1.82) is 0 Å². The topological polar surface area (TPSA) is 69.7 Å². The normalized spacial score (nSPS) is 23.2. The van der Waals surface area contributed by atoms with E-state index in [1.165, 1.54) is 10.4 Å². The lowest BCUT2D eigenvalue weighted by atomic mass is 10.0. The second kappa shape index (κ2) is 7.39. The Morgan fingerprint density at radius 1 is 1.17 bits per heavy atom. The number of benzene rings is 1. The maximum atomic E-state index is 12.7.